The number of ketones is 1. The lowest BCUT2D eigenvalue weighted by Gasteiger charge is -2.32. The number of piperidine rings is 1. The van der Waals surface area contributed by atoms with Gasteiger partial charge in [-0.05, 0) is 44.0 Å². The van der Waals surface area contributed by atoms with Crippen molar-refractivity contribution in [2.45, 2.75) is 19.8 Å². The molecule has 1 saturated heterocycles. The molecule has 0 aromatic heterocycles. The van der Waals surface area contributed by atoms with Crippen LogP contribution in [0.25, 0.3) is 0 Å². The van der Waals surface area contributed by atoms with Crippen LogP contribution in [0.3, 0.4) is 0 Å². The first-order chi connectivity index (χ1) is 9.65. The van der Waals surface area contributed by atoms with Crippen LogP contribution in [0.5, 0.6) is 0 Å². The van der Waals surface area contributed by atoms with Crippen LogP contribution in [0.2, 0.25) is 0 Å². The van der Waals surface area contributed by atoms with Gasteiger partial charge in [0.05, 0.1) is 5.70 Å². The van der Waals surface area contributed by atoms with Gasteiger partial charge >= 0.3 is 0 Å². The van der Waals surface area contributed by atoms with Gasteiger partial charge in [0.15, 0.2) is 12.1 Å². The number of hydrogen-bond acceptors (Lipinski definition) is 3. The molecule has 1 aromatic carbocycles. The average molecular weight is 275 g/mol. The summed E-state index contributed by atoms with van der Waals surface area (Å²) >= 11 is 0. The zero-order valence-electron chi connectivity index (χ0n) is 11.5. The Balaban J connectivity index is 1.98. The monoisotopic (exact) mass is 275 g/mol. The minimum Gasteiger partial charge on any atom is -0.369 e. The van der Waals surface area contributed by atoms with Crippen LogP contribution in [0.4, 0.5) is 4.39 Å². The summed E-state index contributed by atoms with van der Waals surface area (Å²) in [6.07, 6.45) is 4.08. The van der Waals surface area contributed by atoms with Crippen LogP contribution in [0.1, 0.15) is 30.1 Å². The van der Waals surface area contributed by atoms with Crippen molar-refractivity contribution >= 4 is 12.1 Å². The summed E-state index contributed by atoms with van der Waals surface area (Å²) in [5, 5.41) is 0. The van der Waals surface area contributed by atoms with Gasteiger partial charge in [-0.1, -0.05) is 6.08 Å². The quantitative estimate of drug-likeness (QED) is 0.482. The van der Waals surface area contributed by atoms with Crippen molar-refractivity contribution in [2.75, 3.05) is 13.1 Å². The van der Waals surface area contributed by atoms with E-state index in [0.29, 0.717) is 24.4 Å². The number of rotatable bonds is 4. The molecule has 0 radical (unpaired) electrons. The molecule has 1 aliphatic heterocycles. The van der Waals surface area contributed by atoms with Crippen molar-refractivity contribution < 1.29 is 14.0 Å². The van der Waals surface area contributed by atoms with E-state index in [4.69, 9.17) is 0 Å². The van der Waals surface area contributed by atoms with Gasteiger partial charge in [0.2, 0.25) is 0 Å². The number of likely N-dealkylation sites (tertiary alicyclic amines) is 1. The maximum absolute atomic E-state index is 12.9. The Bertz CT molecular complexity index is 514. The second-order valence-electron chi connectivity index (χ2n) is 4.96. The minimum absolute atomic E-state index is 0.0403. The van der Waals surface area contributed by atoms with E-state index in [1.54, 1.807) is 6.08 Å². The van der Waals surface area contributed by atoms with E-state index in [-0.39, 0.29) is 17.5 Å². The van der Waals surface area contributed by atoms with Crippen molar-refractivity contribution in [1.82, 2.24) is 4.90 Å². The van der Waals surface area contributed by atoms with E-state index in [1.165, 1.54) is 24.3 Å². The Hall–Kier alpha value is -1.97. The summed E-state index contributed by atoms with van der Waals surface area (Å²) in [6, 6.07) is 5.69. The van der Waals surface area contributed by atoms with E-state index < -0.39 is 0 Å². The van der Waals surface area contributed by atoms with Crippen LogP contribution < -0.4 is 0 Å². The standard InChI is InChI=1S/C16H18FNO2/c1-2-15(11-19)18-9-7-13(8-10-18)16(20)12-3-5-14(17)6-4-12/h2-6,11,13H,7-10H2,1H3. The Morgan fingerprint density at radius 1 is 1.25 bits per heavy atom. The Kier molecular flexibility index (Phi) is 4.66. The molecule has 4 heteroatoms. The van der Waals surface area contributed by atoms with Gasteiger partial charge in [0.1, 0.15) is 5.82 Å². The molecule has 0 aliphatic carbocycles. The lowest BCUT2D eigenvalue weighted by molar-refractivity contribution is -0.106. The van der Waals surface area contributed by atoms with Crippen LogP contribution >= 0.6 is 0 Å². The van der Waals surface area contributed by atoms with Crippen molar-refractivity contribution in [1.29, 1.82) is 0 Å². The predicted octanol–water partition coefficient (Wildman–Crippen LogP) is 2.82. The van der Waals surface area contributed by atoms with Crippen LogP contribution in [0, 0.1) is 11.7 Å². The second kappa shape index (κ2) is 6.46. The number of carbonyl (C=O) groups excluding carboxylic acids is 2. The van der Waals surface area contributed by atoms with Gasteiger partial charge in [0.25, 0.3) is 0 Å². The number of Topliss-reactive ketones (excluding diaryl/α,β-unsaturated/α-hetero) is 1. The second-order valence-corrected chi connectivity index (χ2v) is 4.96. The SMILES string of the molecule is CC=C(C=O)N1CCC(C(=O)c2ccc(F)cc2)CC1. The van der Waals surface area contributed by atoms with Crippen LogP contribution in [-0.4, -0.2) is 30.1 Å². The van der Waals surface area contributed by atoms with Gasteiger partial charge in [-0.2, -0.15) is 0 Å². The average Bonchev–Trinajstić information content (AvgIpc) is 2.49. The smallest absolute Gasteiger partial charge is 0.166 e. The summed E-state index contributed by atoms with van der Waals surface area (Å²) in [5.74, 6) is -0.306. The molecule has 0 unspecified atom stereocenters. The molecule has 0 bridgehead atoms. The van der Waals surface area contributed by atoms with Crippen LogP contribution in [-0.2, 0) is 4.79 Å². The first kappa shape index (κ1) is 14.4. The first-order valence-corrected chi connectivity index (χ1v) is 6.82. The first-order valence-electron chi connectivity index (χ1n) is 6.82. The summed E-state index contributed by atoms with van der Waals surface area (Å²) in [4.78, 5) is 25.2. The highest BCUT2D eigenvalue weighted by Gasteiger charge is 2.26. The summed E-state index contributed by atoms with van der Waals surface area (Å²) in [7, 11) is 0. The maximum atomic E-state index is 12.9. The van der Waals surface area contributed by atoms with E-state index in [0.717, 1.165) is 19.1 Å². The lowest BCUT2D eigenvalue weighted by atomic mass is 9.88. The molecule has 20 heavy (non-hydrogen) atoms. The number of nitrogens with zero attached hydrogens (tertiary/aromatic N) is 1. The number of allylic oxidation sites excluding steroid dienone is 2. The Morgan fingerprint density at radius 2 is 1.85 bits per heavy atom. The Labute approximate surface area is 118 Å². The van der Waals surface area contributed by atoms with E-state index >= 15 is 0 Å². The van der Waals surface area contributed by atoms with Gasteiger partial charge in [-0.15, -0.1) is 0 Å². The number of carbonyl (C=O) groups is 2. The third-order valence-electron chi connectivity index (χ3n) is 3.78. The molecule has 0 saturated carbocycles. The number of aldehydes is 1. The zero-order valence-corrected chi connectivity index (χ0v) is 11.5. The van der Waals surface area contributed by atoms with E-state index in [2.05, 4.69) is 0 Å². The molecule has 0 N–H and O–H groups in total. The minimum atomic E-state index is -0.333. The fraction of sp³-hybridized carbons (Fsp3) is 0.375. The summed E-state index contributed by atoms with van der Waals surface area (Å²) in [6.45, 7) is 3.24. The van der Waals surface area contributed by atoms with Crippen molar-refractivity contribution in [3.63, 3.8) is 0 Å². The molecule has 1 fully saturated rings. The molecule has 0 spiro atoms. The fourth-order valence-corrected chi connectivity index (χ4v) is 2.57. The van der Waals surface area contributed by atoms with Crippen molar-refractivity contribution in [2.24, 2.45) is 5.92 Å². The largest absolute Gasteiger partial charge is 0.369 e. The molecular formula is C16H18FNO2. The number of hydrogen-bond donors (Lipinski definition) is 0. The molecule has 1 heterocycles. The van der Waals surface area contributed by atoms with E-state index in [1.807, 2.05) is 11.8 Å². The van der Waals surface area contributed by atoms with Crippen molar-refractivity contribution in [3.05, 3.63) is 47.4 Å². The molecule has 2 rings (SSSR count). The number of halogens is 1. The zero-order chi connectivity index (χ0) is 14.5. The third-order valence-corrected chi connectivity index (χ3v) is 3.78. The normalized spacial score (nSPS) is 17.1. The van der Waals surface area contributed by atoms with E-state index in [9.17, 15) is 14.0 Å². The lowest BCUT2D eigenvalue weighted by Crippen LogP contribution is -2.36. The molecule has 1 aliphatic rings. The van der Waals surface area contributed by atoms with Gasteiger partial charge < -0.3 is 4.90 Å². The van der Waals surface area contributed by atoms with Gasteiger partial charge in [-0.25, -0.2) is 4.39 Å². The topological polar surface area (TPSA) is 37.4 Å². The van der Waals surface area contributed by atoms with Gasteiger partial charge in [-0.3, -0.25) is 9.59 Å². The molecular weight excluding hydrogens is 257 g/mol. The summed E-state index contributed by atoms with van der Waals surface area (Å²) < 4.78 is 12.9. The summed E-state index contributed by atoms with van der Waals surface area (Å²) in [5.41, 5.74) is 1.24. The molecule has 1 aromatic rings. The molecule has 0 atom stereocenters. The highest BCUT2D eigenvalue weighted by molar-refractivity contribution is 5.97. The third kappa shape index (κ3) is 3.13. The number of benzene rings is 1. The fourth-order valence-electron chi connectivity index (χ4n) is 2.57. The van der Waals surface area contributed by atoms with Crippen molar-refractivity contribution in [3.8, 4) is 0 Å². The highest BCUT2D eigenvalue weighted by Crippen LogP contribution is 2.23. The molecule has 3 nitrogen and oxygen atoms in total. The molecule has 0 amide bonds. The highest BCUT2D eigenvalue weighted by atomic mass is 19.1. The van der Waals surface area contributed by atoms with Gasteiger partial charge in [0, 0.05) is 24.6 Å². The Morgan fingerprint density at radius 3 is 2.35 bits per heavy atom. The molecule has 106 valence electrons. The van der Waals surface area contributed by atoms with Crippen LogP contribution in [0.15, 0.2) is 36.0 Å². The maximum Gasteiger partial charge on any atom is 0.166 e. The predicted molar refractivity (Wildman–Crippen MR) is 74.8 cm³/mol.